The fourth-order valence-electron chi connectivity index (χ4n) is 1.74. The standard InChI is InChI=1S/C12H16N4O3/c1-12(2,3)11-13-14-15-16(11)7-8-5-6-19-9(8)10(17)18-4/h5-6H,7H2,1-4H3. The van der Waals surface area contributed by atoms with E-state index in [9.17, 15) is 4.79 Å². The number of carbonyl (C=O) groups excluding carboxylic acids is 1. The third kappa shape index (κ3) is 2.64. The second kappa shape index (κ2) is 4.83. The van der Waals surface area contributed by atoms with E-state index in [0.717, 1.165) is 5.82 Å². The van der Waals surface area contributed by atoms with Crippen molar-refractivity contribution in [2.75, 3.05) is 7.11 Å². The second-order valence-electron chi connectivity index (χ2n) is 5.18. The Bertz CT molecular complexity index is 580. The molecule has 7 heteroatoms. The molecule has 19 heavy (non-hydrogen) atoms. The number of carbonyl (C=O) groups is 1. The molecule has 2 aromatic rings. The first-order chi connectivity index (χ1) is 8.93. The Hall–Kier alpha value is -2.18. The third-order valence-corrected chi connectivity index (χ3v) is 2.64. The number of rotatable bonds is 3. The second-order valence-corrected chi connectivity index (χ2v) is 5.18. The van der Waals surface area contributed by atoms with Gasteiger partial charge in [0.05, 0.1) is 19.9 Å². The zero-order chi connectivity index (χ0) is 14.0. The van der Waals surface area contributed by atoms with Crippen LogP contribution < -0.4 is 0 Å². The fraction of sp³-hybridized carbons (Fsp3) is 0.500. The Balaban J connectivity index is 2.30. The molecule has 0 aliphatic heterocycles. The SMILES string of the molecule is COC(=O)c1occc1Cn1nnnc1C(C)(C)C. The number of ether oxygens (including phenoxy) is 1. The summed E-state index contributed by atoms with van der Waals surface area (Å²) in [6.45, 7) is 6.42. The van der Waals surface area contributed by atoms with E-state index in [-0.39, 0.29) is 11.2 Å². The summed E-state index contributed by atoms with van der Waals surface area (Å²) in [5.41, 5.74) is 0.503. The highest BCUT2D eigenvalue weighted by Crippen LogP contribution is 2.20. The van der Waals surface area contributed by atoms with E-state index < -0.39 is 5.97 Å². The molecule has 0 radical (unpaired) electrons. The lowest BCUT2D eigenvalue weighted by Gasteiger charge is -2.16. The molecular formula is C12H16N4O3. The van der Waals surface area contributed by atoms with Crippen LogP contribution >= 0.6 is 0 Å². The van der Waals surface area contributed by atoms with Gasteiger partial charge in [-0.3, -0.25) is 0 Å². The minimum atomic E-state index is -0.509. The largest absolute Gasteiger partial charge is 0.463 e. The van der Waals surface area contributed by atoms with Crippen molar-refractivity contribution in [3.8, 4) is 0 Å². The molecule has 7 nitrogen and oxygen atoms in total. The highest BCUT2D eigenvalue weighted by Gasteiger charge is 2.24. The number of hydrogen-bond acceptors (Lipinski definition) is 6. The molecule has 0 fully saturated rings. The van der Waals surface area contributed by atoms with Crippen molar-refractivity contribution >= 4 is 5.97 Å². The number of tetrazole rings is 1. The average molecular weight is 264 g/mol. The van der Waals surface area contributed by atoms with E-state index in [1.54, 1.807) is 10.7 Å². The van der Waals surface area contributed by atoms with Crippen molar-refractivity contribution < 1.29 is 13.9 Å². The van der Waals surface area contributed by atoms with Crippen LogP contribution in [0.15, 0.2) is 16.7 Å². The van der Waals surface area contributed by atoms with Crippen LogP contribution in [0.5, 0.6) is 0 Å². The summed E-state index contributed by atoms with van der Waals surface area (Å²) < 4.78 is 11.4. The van der Waals surface area contributed by atoms with Crippen molar-refractivity contribution in [1.82, 2.24) is 20.2 Å². The topological polar surface area (TPSA) is 83.0 Å². The number of nitrogens with zero attached hydrogens (tertiary/aromatic N) is 4. The van der Waals surface area contributed by atoms with Gasteiger partial charge < -0.3 is 9.15 Å². The molecular weight excluding hydrogens is 248 g/mol. The smallest absolute Gasteiger partial charge is 0.374 e. The molecule has 0 N–H and O–H groups in total. The summed E-state index contributed by atoms with van der Waals surface area (Å²) in [6.07, 6.45) is 1.45. The zero-order valence-corrected chi connectivity index (χ0v) is 11.4. The van der Waals surface area contributed by atoms with Crippen LogP contribution in [0, 0.1) is 0 Å². The Kier molecular flexibility index (Phi) is 3.37. The maximum absolute atomic E-state index is 11.5. The highest BCUT2D eigenvalue weighted by atomic mass is 16.5. The average Bonchev–Trinajstić information content (AvgIpc) is 2.96. The van der Waals surface area contributed by atoms with Crippen LogP contribution in [0.1, 0.15) is 42.7 Å². The van der Waals surface area contributed by atoms with Crippen molar-refractivity contribution in [2.24, 2.45) is 0 Å². The van der Waals surface area contributed by atoms with Gasteiger partial charge >= 0.3 is 5.97 Å². The minimum Gasteiger partial charge on any atom is -0.463 e. The Morgan fingerprint density at radius 3 is 2.84 bits per heavy atom. The lowest BCUT2D eigenvalue weighted by atomic mass is 9.96. The van der Waals surface area contributed by atoms with Gasteiger partial charge in [-0.15, -0.1) is 5.10 Å². The van der Waals surface area contributed by atoms with Crippen LogP contribution in [0.2, 0.25) is 0 Å². The molecule has 0 unspecified atom stereocenters. The maximum Gasteiger partial charge on any atom is 0.374 e. The van der Waals surface area contributed by atoms with E-state index in [4.69, 9.17) is 4.42 Å². The van der Waals surface area contributed by atoms with Gasteiger partial charge in [0.15, 0.2) is 5.82 Å². The van der Waals surface area contributed by atoms with Gasteiger partial charge in [0.1, 0.15) is 0 Å². The first-order valence-electron chi connectivity index (χ1n) is 5.85. The normalized spacial score (nSPS) is 11.6. The molecule has 0 spiro atoms. The van der Waals surface area contributed by atoms with Gasteiger partial charge in [0, 0.05) is 11.0 Å². The first kappa shape index (κ1) is 13.3. The molecule has 0 atom stereocenters. The summed E-state index contributed by atoms with van der Waals surface area (Å²) in [4.78, 5) is 11.5. The van der Waals surface area contributed by atoms with Crippen molar-refractivity contribution in [3.05, 3.63) is 29.5 Å². The van der Waals surface area contributed by atoms with Gasteiger partial charge in [-0.2, -0.15) is 0 Å². The zero-order valence-electron chi connectivity index (χ0n) is 11.4. The van der Waals surface area contributed by atoms with E-state index in [1.807, 2.05) is 20.8 Å². The van der Waals surface area contributed by atoms with Crippen molar-refractivity contribution in [3.63, 3.8) is 0 Å². The number of hydrogen-bond donors (Lipinski definition) is 0. The third-order valence-electron chi connectivity index (χ3n) is 2.64. The lowest BCUT2D eigenvalue weighted by Crippen LogP contribution is -2.20. The van der Waals surface area contributed by atoms with E-state index in [2.05, 4.69) is 20.3 Å². The number of methoxy groups -OCH3 is 1. The maximum atomic E-state index is 11.5. The first-order valence-corrected chi connectivity index (χ1v) is 5.85. The summed E-state index contributed by atoms with van der Waals surface area (Å²) in [5.74, 6) is 0.410. The molecule has 0 saturated carbocycles. The quantitative estimate of drug-likeness (QED) is 0.779. The van der Waals surface area contributed by atoms with Crippen LogP contribution in [-0.4, -0.2) is 33.3 Å². The van der Waals surface area contributed by atoms with Crippen LogP contribution in [-0.2, 0) is 16.7 Å². The molecule has 2 rings (SSSR count). The molecule has 2 aromatic heterocycles. The molecule has 0 saturated heterocycles. The minimum absolute atomic E-state index is 0.179. The van der Waals surface area contributed by atoms with Gasteiger partial charge in [-0.1, -0.05) is 20.8 Å². The summed E-state index contributed by atoms with van der Waals surface area (Å²) in [7, 11) is 1.31. The Morgan fingerprint density at radius 1 is 1.47 bits per heavy atom. The van der Waals surface area contributed by atoms with Crippen LogP contribution in [0.3, 0.4) is 0 Å². The molecule has 2 heterocycles. The van der Waals surface area contributed by atoms with Crippen LogP contribution in [0.4, 0.5) is 0 Å². The van der Waals surface area contributed by atoms with Gasteiger partial charge in [0.25, 0.3) is 0 Å². The molecule has 0 aliphatic rings. The molecule has 0 amide bonds. The fourth-order valence-corrected chi connectivity index (χ4v) is 1.74. The number of esters is 1. The van der Waals surface area contributed by atoms with E-state index in [0.29, 0.717) is 12.1 Å². The highest BCUT2D eigenvalue weighted by molar-refractivity contribution is 5.87. The molecule has 102 valence electrons. The van der Waals surface area contributed by atoms with Gasteiger partial charge in [0.2, 0.25) is 5.76 Å². The summed E-state index contributed by atoms with van der Waals surface area (Å²) in [5, 5.41) is 11.6. The number of aromatic nitrogens is 4. The van der Waals surface area contributed by atoms with E-state index >= 15 is 0 Å². The van der Waals surface area contributed by atoms with Crippen molar-refractivity contribution in [2.45, 2.75) is 32.7 Å². The molecule has 0 aliphatic carbocycles. The Labute approximate surface area is 110 Å². The lowest BCUT2D eigenvalue weighted by molar-refractivity contribution is 0.0563. The van der Waals surface area contributed by atoms with Crippen LogP contribution in [0.25, 0.3) is 0 Å². The molecule has 0 aromatic carbocycles. The predicted octanol–water partition coefficient (Wildman–Crippen LogP) is 1.40. The Morgan fingerprint density at radius 2 is 2.21 bits per heavy atom. The summed E-state index contributed by atoms with van der Waals surface area (Å²) in [6, 6.07) is 1.71. The monoisotopic (exact) mass is 264 g/mol. The number of furan rings is 1. The molecule has 0 bridgehead atoms. The van der Waals surface area contributed by atoms with Gasteiger partial charge in [-0.05, 0) is 16.5 Å². The summed E-state index contributed by atoms with van der Waals surface area (Å²) >= 11 is 0. The predicted molar refractivity (Wildman–Crippen MR) is 65.7 cm³/mol. The van der Waals surface area contributed by atoms with E-state index in [1.165, 1.54) is 13.4 Å². The van der Waals surface area contributed by atoms with Gasteiger partial charge in [-0.25, -0.2) is 9.48 Å². The van der Waals surface area contributed by atoms with Crippen molar-refractivity contribution in [1.29, 1.82) is 0 Å².